The smallest absolute Gasteiger partial charge is 0.119 e. The summed E-state index contributed by atoms with van der Waals surface area (Å²) in [5.74, 6) is 0.923. The number of allylic oxidation sites excluding steroid dienone is 1. The fourth-order valence-electron chi connectivity index (χ4n) is 1.90. The Balaban J connectivity index is 2.30. The molecule has 0 bridgehead atoms. The van der Waals surface area contributed by atoms with E-state index in [1.54, 1.807) is 14.2 Å². The van der Waals surface area contributed by atoms with Crippen LogP contribution >= 0.6 is 0 Å². The normalized spacial score (nSPS) is 11.6. The van der Waals surface area contributed by atoms with Gasteiger partial charge in [0.05, 0.1) is 13.7 Å². The van der Waals surface area contributed by atoms with Crippen molar-refractivity contribution in [1.82, 2.24) is 5.32 Å². The van der Waals surface area contributed by atoms with Crippen LogP contribution in [0.15, 0.2) is 35.9 Å². The molecule has 19 heavy (non-hydrogen) atoms. The molecule has 1 aromatic carbocycles. The van der Waals surface area contributed by atoms with Crippen molar-refractivity contribution in [2.24, 2.45) is 0 Å². The van der Waals surface area contributed by atoms with Gasteiger partial charge in [0.2, 0.25) is 0 Å². The van der Waals surface area contributed by atoms with Crippen LogP contribution in [0.3, 0.4) is 0 Å². The van der Waals surface area contributed by atoms with Crippen molar-refractivity contribution < 1.29 is 9.47 Å². The predicted molar refractivity (Wildman–Crippen MR) is 79.8 cm³/mol. The molecule has 0 spiro atoms. The van der Waals surface area contributed by atoms with Gasteiger partial charge in [-0.15, -0.1) is 0 Å². The molecule has 1 aromatic rings. The van der Waals surface area contributed by atoms with Crippen molar-refractivity contribution >= 4 is 0 Å². The van der Waals surface area contributed by atoms with Crippen molar-refractivity contribution in [3.63, 3.8) is 0 Å². The number of hydrogen-bond donors (Lipinski definition) is 1. The summed E-state index contributed by atoms with van der Waals surface area (Å²) in [4.78, 5) is 0. The maximum atomic E-state index is 5.23. The number of hydrogen-bond acceptors (Lipinski definition) is 3. The van der Waals surface area contributed by atoms with E-state index >= 15 is 0 Å². The fourth-order valence-corrected chi connectivity index (χ4v) is 1.90. The number of rotatable bonds is 9. The van der Waals surface area contributed by atoms with Crippen LogP contribution < -0.4 is 10.1 Å². The number of methoxy groups -OCH3 is 2. The van der Waals surface area contributed by atoms with E-state index in [2.05, 4.69) is 30.4 Å². The van der Waals surface area contributed by atoms with Gasteiger partial charge in [0.1, 0.15) is 5.75 Å². The second-order valence-electron chi connectivity index (χ2n) is 4.61. The Labute approximate surface area is 116 Å². The second kappa shape index (κ2) is 9.59. The van der Waals surface area contributed by atoms with Crippen molar-refractivity contribution in [2.75, 3.05) is 33.9 Å². The maximum absolute atomic E-state index is 5.23. The van der Waals surface area contributed by atoms with Gasteiger partial charge in [0.15, 0.2) is 0 Å². The van der Waals surface area contributed by atoms with Crippen molar-refractivity contribution in [2.45, 2.75) is 19.8 Å². The van der Waals surface area contributed by atoms with Gasteiger partial charge in [0.25, 0.3) is 0 Å². The average Bonchev–Trinajstić information content (AvgIpc) is 2.43. The Morgan fingerprint density at radius 3 is 2.84 bits per heavy atom. The molecular weight excluding hydrogens is 238 g/mol. The Hall–Kier alpha value is -1.32. The third-order valence-electron chi connectivity index (χ3n) is 2.91. The molecule has 106 valence electrons. The van der Waals surface area contributed by atoms with E-state index in [0.717, 1.165) is 38.3 Å². The largest absolute Gasteiger partial charge is 0.497 e. The van der Waals surface area contributed by atoms with Gasteiger partial charge in [-0.1, -0.05) is 23.8 Å². The van der Waals surface area contributed by atoms with E-state index in [4.69, 9.17) is 9.47 Å². The lowest BCUT2D eigenvalue weighted by molar-refractivity contribution is 0.199. The molecule has 0 aliphatic rings. The predicted octanol–water partition coefficient (Wildman–Crippen LogP) is 2.81. The summed E-state index contributed by atoms with van der Waals surface area (Å²) in [5, 5.41) is 3.33. The first-order valence-electron chi connectivity index (χ1n) is 6.74. The highest BCUT2D eigenvalue weighted by Crippen LogP contribution is 2.15. The van der Waals surface area contributed by atoms with Gasteiger partial charge in [-0.05, 0) is 44.0 Å². The molecule has 3 heteroatoms. The lowest BCUT2D eigenvalue weighted by atomic mass is 10.1. The summed E-state index contributed by atoms with van der Waals surface area (Å²) in [7, 11) is 3.42. The molecule has 1 rings (SSSR count). The van der Waals surface area contributed by atoms with E-state index in [1.807, 2.05) is 12.1 Å². The molecule has 0 aliphatic heterocycles. The second-order valence-corrected chi connectivity index (χ2v) is 4.61. The molecule has 0 unspecified atom stereocenters. The molecule has 0 saturated carbocycles. The fraction of sp³-hybridized carbons (Fsp3) is 0.500. The van der Waals surface area contributed by atoms with Crippen molar-refractivity contribution in [3.05, 3.63) is 41.5 Å². The summed E-state index contributed by atoms with van der Waals surface area (Å²) in [6, 6.07) is 8.24. The summed E-state index contributed by atoms with van der Waals surface area (Å²) in [5.41, 5.74) is 2.68. The number of nitrogens with one attached hydrogen (secondary N) is 1. The van der Waals surface area contributed by atoms with Crippen LogP contribution in [0.2, 0.25) is 0 Å². The van der Waals surface area contributed by atoms with Crippen LogP contribution in [0.1, 0.15) is 18.9 Å². The zero-order valence-corrected chi connectivity index (χ0v) is 12.2. The molecule has 1 N–H and O–H groups in total. The minimum absolute atomic E-state index is 0.770. The molecule has 0 aliphatic carbocycles. The third kappa shape index (κ3) is 6.99. The molecule has 0 atom stereocenters. The highest BCUT2D eigenvalue weighted by Gasteiger charge is 1.97. The van der Waals surface area contributed by atoms with Gasteiger partial charge in [0, 0.05) is 13.7 Å². The number of benzene rings is 1. The first-order valence-corrected chi connectivity index (χ1v) is 6.74. The average molecular weight is 263 g/mol. The number of ether oxygens (including phenoxy) is 2. The van der Waals surface area contributed by atoms with E-state index in [-0.39, 0.29) is 0 Å². The monoisotopic (exact) mass is 263 g/mol. The first-order chi connectivity index (χ1) is 9.26. The van der Waals surface area contributed by atoms with Crippen LogP contribution in [0.25, 0.3) is 0 Å². The van der Waals surface area contributed by atoms with E-state index in [1.165, 1.54) is 11.1 Å². The van der Waals surface area contributed by atoms with E-state index in [0.29, 0.717) is 0 Å². The molecule has 0 aromatic heterocycles. The lowest BCUT2D eigenvalue weighted by Crippen LogP contribution is -2.19. The Kier molecular flexibility index (Phi) is 7.94. The molecule has 0 saturated heterocycles. The van der Waals surface area contributed by atoms with Crippen LogP contribution in [-0.2, 0) is 11.2 Å². The minimum atomic E-state index is 0.770. The molecule has 0 amide bonds. The summed E-state index contributed by atoms with van der Waals surface area (Å²) in [6.45, 7) is 4.86. The Morgan fingerprint density at radius 1 is 1.26 bits per heavy atom. The highest BCUT2D eigenvalue weighted by atomic mass is 16.5. The molecule has 0 fully saturated rings. The van der Waals surface area contributed by atoms with Gasteiger partial charge < -0.3 is 14.8 Å². The molecule has 0 radical (unpaired) electrons. The van der Waals surface area contributed by atoms with Crippen LogP contribution in [-0.4, -0.2) is 33.9 Å². The Bertz CT molecular complexity index is 388. The maximum Gasteiger partial charge on any atom is 0.119 e. The zero-order chi connectivity index (χ0) is 13.9. The van der Waals surface area contributed by atoms with Gasteiger partial charge >= 0.3 is 0 Å². The van der Waals surface area contributed by atoms with Crippen LogP contribution in [0, 0.1) is 0 Å². The van der Waals surface area contributed by atoms with Crippen LogP contribution in [0.5, 0.6) is 5.75 Å². The third-order valence-corrected chi connectivity index (χ3v) is 2.91. The minimum Gasteiger partial charge on any atom is -0.497 e. The summed E-state index contributed by atoms with van der Waals surface area (Å²) >= 11 is 0. The molecular formula is C16H25NO2. The van der Waals surface area contributed by atoms with E-state index < -0.39 is 0 Å². The standard InChI is InChI=1S/C16H25NO2/c1-14(6-5-9-17-10-11-18-2)12-15-7-4-8-16(13-15)19-3/h4,6-8,13,17H,5,9-12H2,1-3H3. The SMILES string of the molecule is COCCNCCC=C(C)Cc1cccc(OC)c1. The molecule has 0 heterocycles. The highest BCUT2D eigenvalue weighted by molar-refractivity contribution is 5.30. The van der Waals surface area contributed by atoms with Gasteiger partial charge in [-0.2, -0.15) is 0 Å². The van der Waals surface area contributed by atoms with E-state index in [9.17, 15) is 0 Å². The van der Waals surface area contributed by atoms with Gasteiger partial charge in [-0.25, -0.2) is 0 Å². The zero-order valence-electron chi connectivity index (χ0n) is 12.2. The quantitative estimate of drug-likeness (QED) is 0.549. The van der Waals surface area contributed by atoms with Crippen molar-refractivity contribution in [1.29, 1.82) is 0 Å². The van der Waals surface area contributed by atoms with Gasteiger partial charge in [-0.3, -0.25) is 0 Å². The lowest BCUT2D eigenvalue weighted by Gasteiger charge is -2.06. The Morgan fingerprint density at radius 2 is 2.11 bits per heavy atom. The first kappa shape index (κ1) is 15.7. The summed E-state index contributed by atoms with van der Waals surface area (Å²) in [6.07, 6.45) is 4.33. The molecule has 3 nitrogen and oxygen atoms in total. The summed E-state index contributed by atoms with van der Waals surface area (Å²) < 4.78 is 10.2. The van der Waals surface area contributed by atoms with Crippen LogP contribution in [0.4, 0.5) is 0 Å². The van der Waals surface area contributed by atoms with Crippen molar-refractivity contribution in [3.8, 4) is 5.75 Å². The topological polar surface area (TPSA) is 30.5 Å².